The zero-order valence-corrected chi connectivity index (χ0v) is 9.13. The van der Waals surface area contributed by atoms with Crippen molar-refractivity contribution in [2.75, 3.05) is 7.11 Å². The van der Waals surface area contributed by atoms with E-state index in [0.29, 0.717) is 5.06 Å². The van der Waals surface area contributed by atoms with Gasteiger partial charge in [0.1, 0.15) is 0 Å². The van der Waals surface area contributed by atoms with Crippen molar-refractivity contribution >= 4 is 23.8 Å². The smallest absolute Gasteiger partial charge is 0.330 e. The van der Waals surface area contributed by atoms with Crippen LogP contribution in [0.4, 0.5) is 0 Å². The Hall–Kier alpha value is -1.96. The van der Waals surface area contributed by atoms with Crippen molar-refractivity contribution in [3.63, 3.8) is 0 Å². The standard InChI is InChI=1S/C9H11NO7/c1-15-17-9(14)5-4-8(13)16-10-6(11)2-3-7(10)12/h2-5H2,1H3. The zero-order valence-electron chi connectivity index (χ0n) is 9.13. The topological polar surface area (TPSA) is 99.2 Å². The molecule has 1 saturated heterocycles. The molecule has 1 rings (SSSR count). The van der Waals surface area contributed by atoms with Gasteiger partial charge < -0.3 is 4.84 Å². The minimum Gasteiger partial charge on any atom is -0.330 e. The van der Waals surface area contributed by atoms with E-state index in [9.17, 15) is 19.2 Å². The normalized spacial score (nSPS) is 15.0. The number of rotatable bonds is 5. The van der Waals surface area contributed by atoms with Gasteiger partial charge in [0.2, 0.25) is 0 Å². The van der Waals surface area contributed by atoms with Gasteiger partial charge in [-0.25, -0.2) is 9.59 Å². The first-order valence-corrected chi connectivity index (χ1v) is 4.84. The number of carbonyl (C=O) groups excluding carboxylic acids is 4. The van der Waals surface area contributed by atoms with Gasteiger partial charge >= 0.3 is 11.9 Å². The summed E-state index contributed by atoms with van der Waals surface area (Å²) < 4.78 is 0. The van der Waals surface area contributed by atoms with E-state index in [-0.39, 0.29) is 25.7 Å². The van der Waals surface area contributed by atoms with Crippen LogP contribution in [0.1, 0.15) is 25.7 Å². The molecule has 8 nitrogen and oxygen atoms in total. The van der Waals surface area contributed by atoms with Crippen LogP contribution in [0.15, 0.2) is 0 Å². The predicted octanol–water partition coefficient (Wildman–Crippen LogP) is -0.522. The van der Waals surface area contributed by atoms with Gasteiger partial charge in [-0.1, -0.05) is 0 Å². The fourth-order valence-electron chi connectivity index (χ4n) is 1.14. The van der Waals surface area contributed by atoms with Crippen LogP contribution >= 0.6 is 0 Å². The molecule has 0 saturated carbocycles. The Balaban J connectivity index is 2.32. The van der Waals surface area contributed by atoms with Crippen molar-refractivity contribution in [1.82, 2.24) is 5.06 Å². The van der Waals surface area contributed by atoms with Crippen LogP contribution in [-0.4, -0.2) is 35.9 Å². The second-order valence-electron chi connectivity index (χ2n) is 3.17. The number of hydroxylamine groups is 2. The molecule has 2 amide bonds. The summed E-state index contributed by atoms with van der Waals surface area (Å²) >= 11 is 0. The fraction of sp³-hybridized carbons (Fsp3) is 0.556. The molecule has 0 aromatic rings. The quantitative estimate of drug-likeness (QED) is 0.365. The highest BCUT2D eigenvalue weighted by molar-refractivity contribution is 6.01. The number of hydrogen-bond donors (Lipinski definition) is 0. The summed E-state index contributed by atoms with van der Waals surface area (Å²) in [5.41, 5.74) is 0. The maximum Gasteiger partial charge on any atom is 0.342 e. The third kappa shape index (κ3) is 3.83. The van der Waals surface area contributed by atoms with Gasteiger partial charge in [-0.2, -0.15) is 4.89 Å². The van der Waals surface area contributed by atoms with Gasteiger partial charge in [-0.15, -0.1) is 5.06 Å². The summed E-state index contributed by atoms with van der Waals surface area (Å²) in [6.45, 7) is 0. The zero-order chi connectivity index (χ0) is 12.8. The highest BCUT2D eigenvalue weighted by atomic mass is 17.2. The molecular weight excluding hydrogens is 234 g/mol. The number of hydrogen-bond acceptors (Lipinski definition) is 7. The molecule has 0 aliphatic carbocycles. The van der Waals surface area contributed by atoms with E-state index < -0.39 is 23.8 Å². The Morgan fingerprint density at radius 1 is 1.12 bits per heavy atom. The molecule has 1 aliphatic heterocycles. The van der Waals surface area contributed by atoms with Gasteiger partial charge in [0.25, 0.3) is 11.8 Å². The monoisotopic (exact) mass is 245 g/mol. The Morgan fingerprint density at radius 2 is 1.65 bits per heavy atom. The van der Waals surface area contributed by atoms with Crippen LogP contribution in [0.25, 0.3) is 0 Å². The van der Waals surface area contributed by atoms with E-state index in [1.165, 1.54) is 0 Å². The van der Waals surface area contributed by atoms with Crippen molar-refractivity contribution < 1.29 is 33.8 Å². The molecule has 1 aliphatic rings. The van der Waals surface area contributed by atoms with E-state index in [0.717, 1.165) is 7.11 Å². The van der Waals surface area contributed by atoms with Crippen molar-refractivity contribution in [2.45, 2.75) is 25.7 Å². The lowest BCUT2D eigenvalue weighted by atomic mass is 10.3. The lowest BCUT2D eigenvalue weighted by Gasteiger charge is -2.11. The van der Waals surface area contributed by atoms with Crippen molar-refractivity contribution in [1.29, 1.82) is 0 Å². The average molecular weight is 245 g/mol. The average Bonchev–Trinajstić information content (AvgIpc) is 2.58. The van der Waals surface area contributed by atoms with Crippen molar-refractivity contribution in [2.24, 2.45) is 0 Å². The van der Waals surface area contributed by atoms with Crippen molar-refractivity contribution in [3.05, 3.63) is 0 Å². The Morgan fingerprint density at radius 3 is 2.18 bits per heavy atom. The lowest BCUT2D eigenvalue weighted by molar-refractivity contribution is -0.255. The van der Waals surface area contributed by atoms with E-state index >= 15 is 0 Å². The highest BCUT2D eigenvalue weighted by Crippen LogP contribution is 2.12. The maximum absolute atomic E-state index is 11.2. The number of amides is 2. The summed E-state index contributed by atoms with van der Waals surface area (Å²) in [4.78, 5) is 56.9. The van der Waals surface area contributed by atoms with E-state index in [1.54, 1.807) is 0 Å². The third-order valence-electron chi connectivity index (χ3n) is 1.91. The molecule has 0 bridgehead atoms. The second kappa shape index (κ2) is 5.94. The molecule has 0 spiro atoms. The Kier molecular flexibility index (Phi) is 4.58. The lowest BCUT2D eigenvalue weighted by Crippen LogP contribution is -2.32. The van der Waals surface area contributed by atoms with Gasteiger partial charge in [0.15, 0.2) is 0 Å². The summed E-state index contributed by atoms with van der Waals surface area (Å²) in [7, 11) is 1.15. The molecular formula is C9H11NO7. The summed E-state index contributed by atoms with van der Waals surface area (Å²) in [5.74, 6) is -2.74. The molecule has 0 unspecified atom stereocenters. The maximum atomic E-state index is 11.2. The SMILES string of the molecule is COOC(=O)CCC(=O)ON1C(=O)CCC1=O. The van der Waals surface area contributed by atoms with Crippen molar-refractivity contribution in [3.8, 4) is 0 Å². The fourth-order valence-corrected chi connectivity index (χ4v) is 1.14. The van der Waals surface area contributed by atoms with Crippen LogP contribution in [-0.2, 0) is 33.8 Å². The molecule has 0 radical (unpaired) electrons. The summed E-state index contributed by atoms with van der Waals surface area (Å²) in [6, 6.07) is 0. The number of carbonyl (C=O) groups is 4. The number of imide groups is 1. The van der Waals surface area contributed by atoms with Gasteiger partial charge in [-0.05, 0) is 0 Å². The molecule has 1 heterocycles. The van der Waals surface area contributed by atoms with Crippen LogP contribution in [0, 0.1) is 0 Å². The molecule has 17 heavy (non-hydrogen) atoms. The Labute approximate surface area is 96.3 Å². The van der Waals surface area contributed by atoms with Crippen LogP contribution in [0.5, 0.6) is 0 Å². The van der Waals surface area contributed by atoms with Crippen LogP contribution in [0.2, 0.25) is 0 Å². The van der Waals surface area contributed by atoms with Gasteiger partial charge in [0, 0.05) is 12.8 Å². The first kappa shape index (κ1) is 13.1. The Bertz CT molecular complexity index is 335. The molecule has 8 heteroatoms. The molecule has 0 N–H and O–H groups in total. The first-order chi connectivity index (χ1) is 8.04. The molecule has 0 atom stereocenters. The van der Waals surface area contributed by atoms with Gasteiger partial charge in [-0.3, -0.25) is 14.5 Å². The van der Waals surface area contributed by atoms with E-state index in [2.05, 4.69) is 14.6 Å². The minimum absolute atomic E-state index is 0.0256. The van der Waals surface area contributed by atoms with Crippen LogP contribution in [0.3, 0.4) is 0 Å². The first-order valence-electron chi connectivity index (χ1n) is 4.84. The summed E-state index contributed by atoms with van der Waals surface area (Å²) in [5, 5.41) is 0.421. The minimum atomic E-state index is -0.860. The molecule has 94 valence electrons. The highest BCUT2D eigenvalue weighted by Gasteiger charge is 2.32. The molecule has 0 aromatic carbocycles. The van der Waals surface area contributed by atoms with E-state index in [4.69, 9.17) is 0 Å². The predicted molar refractivity (Wildman–Crippen MR) is 49.5 cm³/mol. The van der Waals surface area contributed by atoms with E-state index in [1.807, 2.05) is 0 Å². The third-order valence-corrected chi connectivity index (χ3v) is 1.91. The molecule has 0 aromatic heterocycles. The second-order valence-corrected chi connectivity index (χ2v) is 3.17. The molecule has 1 fully saturated rings. The largest absolute Gasteiger partial charge is 0.342 e. The van der Waals surface area contributed by atoms with Gasteiger partial charge in [0.05, 0.1) is 20.0 Å². The van der Waals surface area contributed by atoms with Crippen LogP contribution < -0.4 is 0 Å². The summed E-state index contributed by atoms with van der Waals surface area (Å²) in [6.07, 6.45) is -0.516. The number of nitrogens with zero attached hydrogens (tertiary/aromatic N) is 1.